The van der Waals surface area contributed by atoms with Gasteiger partial charge in [-0.25, -0.2) is 19.2 Å². The van der Waals surface area contributed by atoms with Crippen LogP contribution >= 0.6 is 0 Å². The van der Waals surface area contributed by atoms with E-state index in [1.807, 2.05) is 0 Å². The summed E-state index contributed by atoms with van der Waals surface area (Å²) in [7, 11) is 0. The van der Waals surface area contributed by atoms with Crippen molar-refractivity contribution in [2.24, 2.45) is 0 Å². The number of nitrogens with one attached hydrogen (secondary N) is 1. The molecule has 7 heteroatoms. The number of rotatable bonds is 4. The number of ether oxygens (including phenoxy) is 1. The molecule has 1 fully saturated rings. The number of aromatic nitrogens is 2. The minimum atomic E-state index is -0.599. The molecular formula is C13H19FN4O2. The molecule has 1 aromatic rings. The van der Waals surface area contributed by atoms with Gasteiger partial charge >= 0.3 is 6.09 Å². The van der Waals surface area contributed by atoms with E-state index in [0.29, 0.717) is 31.2 Å². The zero-order valence-corrected chi connectivity index (χ0v) is 11.5. The number of alkyl halides is 1. The smallest absolute Gasteiger partial charge is 0.409 e. The molecule has 0 bridgehead atoms. The van der Waals surface area contributed by atoms with E-state index in [1.54, 1.807) is 17.9 Å². The standard InChI is InChI=1S/C13H19FN4O2/c1-2-20-13(19)18-5-3-10(4-6-18)17-12-7-11(8-14)15-9-16-12/h7,9-10H,2-6,8H2,1H3,(H,15,16,17). The third kappa shape index (κ3) is 3.79. The largest absolute Gasteiger partial charge is 0.450 e. The van der Waals surface area contributed by atoms with Crippen molar-refractivity contribution in [2.75, 3.05) is 25.0 Å². The van der Waals surface area contributed by atoms with Gasteiger partial charge in [0, 0.05) is 25.2 Å². The zero-order valence-electron chi connectivity index (χ0n) is 11.5. The second-order valence-electron chi connectivity index (χ2n) is 4.63. The highest BCUT2D eigenvalue weighted by atomic mass is 19.1. The normalized spacial score (nSPS) is 16.0. The number of piperidine rings is 1. The van der Waals surface area contributed by atoms with Crippen LogP contribution in [0.2, 0.25) is 0 Å². The topological polar surface area (TPSA) is 67.3 Å². The van der Waals surface area contributed by atoms with Crippen molar-refractivity contribution in [3.63, 3.8) is 0 Å². The van der Waals surface area contributed by atoms with Crippen LogP contribution in [0.15, 0.2) is 12.4 Å². The molecule has 20 heavy (non-hydrogen) atoms. The molecule has 1 aliphatic heterocycles. The van der Waals surface area contributed by atoms with Gasteiger partial charge in [-0.05, 0) is 19.8 Å². The first kappa shape index (κ1) is 14.5. The summed E-state index contributed by atoms with van der Waals surface area (Å²) in [4.78, 5) is 21.2. The molecule has 6 nitrogen and oxygen atoms in total. The van der Waals surface area contributed by atoms with Crippen molar-refractivity contribution in [3.05, 3.63) is 18.1 Å². The van der Waals surface area contributed by atoms with Crippen molar-refractivity contribution < 1.29 is 13.9 Å². The summed E-state index contributed by atoms with van der Waals surface area (Å²) in [5, 5.41) is 3.25. The molecule has 1 amide bonds. The van der Waals surface area contributed by atoms with E-state index in [2.05, 4.69) is 15.3 Å². The lowest BCUT2D eigenvalue weighted by atomic mass is 10.1. The van der Waals surface area contributed by atoms with Crippen LogP contribution in [0, 0.1) is 0 Å². The molecule has 1 saturated heterocycles. The van der Waals surface area contributed by atoms with Gasteiger partial charge in [0.25, 0.3) is 0 Å². The lowest BCUT2D eigenvalue weighted by Crippen LogP contribution is -2.42. The first-order valence-corrected chi connectivity index (χ1v) is 6.78. The minimum Gasteiger partial charge on any atom is -0.450 e. The van der Waals surface area contributed by atoms with Gasteiger partial charge in [0.1, 0.15) is 18.8 Å². The molecule has 110 valence electrons. The van der Waals surface area contributed by atoms with Crippen LogP contribution in [-0.4, -0.2) is 46.7 Å². The maximum atomic E-state index is 12.5. The Bertz CT molecular complexity index is 450. The monoisotopic (exact) mass is 282 g/mol. The van der Waals surface area contributed by atoms with E-state index >= 15 is 0 Å². The summed E-state index contributed by atoms with van der Waals surface area (Å²) >= 11 is 0. The summed E-state index contributed by atoms with van der Waals surface area (Å²) in [5.41, 5.74) is 0.367. The average molecular weight is 282 g/mol. The van der Waals surface area contributed by atoms with Crippen LogP contribution in [0.4, 0.5) is 15.0 Å². The highest BCUT2D eigenvalue weighted by molar-refractivity contribution is 5.67. The van der Waals surface area contributed by atoms with Gasteiger partial charge in [-0.15, -0.1) is 0 Å². The highest BCUT2D eigenvalue weighted by Crippen LogP contribution is 2.16. The summed E-state index contributed by atoms with van der Waals surface area (Å²) in [6, 6.07) is 1.83. The SMILES string of the molecule is CCOC(=O)N1CCC(Nc2cc(CF)ncn2)CC1. The second-order valence-corrected chi connectivity index (χ2v) is 4.63. The summed E-state index contributed by atoms with van der Waals surface area (Å²) in [6.07, 6.45) is 2.72. The number of halogens is 1. The van der Waals surface area contributed by atoms with Gasteiger partial charge in [0.05, 0.1) is 12.3 Å². The fraction of sp³-hybridized carbons (Fsp3) is 0.615. The number of hydrogen-bond donors (Lipinski definition) is 1. The van der Waals surface area contributed by atoms with Gasteiger partial charge in [-0.1, -0.05) is 0 Å². The van der Waals surface area contributed by atoms with Crippen molar-refractivity contribution >= 4 is 11.9 Å². The number of hydrogen-bond acceptors (Lipinski definition) is 5. The van der Waals surface area contributed by atoms with E-state index in [0.717, 1.165) is 12.8 Å². The lowest BCUT2D eigenvalue weighted by molar-refractivity contribution is 0.0983. The van der Waals surface area contributed by atoms with Crippen LogP contribution < -0.4 is 5.32 Å². The van der Waals surface area contributed by atoms with Crippen LogP contribution in [-0.2, 0) is 11.4 Å². The maximum Gasteiger partial charge on any atom is 0.409 e. The van der Waals surface area contributed by atoms with Crippen molar-refractivity contribution in [1.82, 2.24) is 14.9 Å². The Morgan fingerprint density at radius 2 is 2.25 bits per heavy atom. The molecule has 0 atom stereocenters. The van der Waals surface area contributed by atoms with E-state index in [9.17, 15) is 9.18 Å². The molecule has 1 N–H and O–H groups in total. The molecule has 0 spiro atoms. The minimum absolute atomic E-state index is 0.225. The predicted molar refractivity (Wildman–Crippen MR) is 72.1 cm³/mol. The molecule has 1 aliphatic rings. The predicted octanol–water partition coefficient (Wildman–Crippen LogP) is 1.98. The number of likely N-dealkylation sites (tertiary alicyclic amines) is 1. The molecule has 2 heterocycles. The van der Waals surface area contributed by atoms with Gasteiger partial charge in [-0.3, -0.25) is 0 Å². The fourth-order valence-electron chi connectivity index (χ4n) is 2.18. The van der Waals surface area contributed by atoms with Gasteiger partial charge in [0.2, 0.25) is 0 Å². The van der Waals surface area contributed by atoms with Crippen LogP contribution in [0.25, 0.3) is 0 Å². The van der Waals surface area contributed by atoms with E-state index in [1.165, 1.54) is 6.33 Å². The van der Waals surface area contributed by atoms with E-state index in [-0.39, 0.29) is 12.1 Å². The Balaban J connectivity index is 1.83. The third-order valence-corrected chi connectivity index (χ3v) is 3.23. The number of carbonyl (C=O) groups is 1. The first-order valence-electron chi connectivity index (χ1n) is 6.78. The molecule has 0 radical (unpaired) electrons. The Hall–Kier alpha value is -1.92. The number of nitrogens with zero attached hydrogens (tertiary/aromatic N) is 3. The Labute approximate surface area is 117 Å². The van der Waals surface area contributed by atoms with E-state index in [4.69, 9.17) is 4.74 Å². The van der Waals surface area contributed by atoms with Gasteiger partial charge in [-0.2, -0.15) is 0 Å². The summed E-state index contributed by atoms with van der Waals surface area (Å²) in [5.74, 6) is 0.627. The first-order chi connectivity index (χ1) is 9.72. The number of anilines is 1. The number of carbonyl (C=O) groups excluding carboxylic acids is 1. The number of amides is 1. The summed E-state index contributed by atoms with van der Waals surface area (Å²) in [6.45, 7) is 2.89. The Morgan fingerprint density at radius 1 is 1.50 bits per heavy atom. The average Bonchev–Trinajstić information content (AvgIpc) is 2.48. The molecule has 2 rings (SSSR count). The molecule has 0 aromatic carbocycles. The fourth-order valence-corrected chi connectivity index (χ4v) is 2.18. The Morgan fingerprint density at radius 3 is 2.90 bits per heavy atom. The van der Waals surface area contributed by atoms with Crippen molar-refractivity contribution in [3.8, 4) is 0 Å². The van der Waals surface area contributed by atoms with E-state index < -0.39 is 6.67 Å². The Kier molecular flexibility index (Phi) is 5.09. The molecule has 0 aliphatic carbocycles. The maximum absolute atomic E-state index is 12.5. The molecule has 0 unspecified atom stereocenters. The van der Waals surface area contributed by atoms with Crippen LogP contribution in [0.5, 0.6) is 0 Å². The van der Waals surface area contributed by atoms with Gasteiger partial charge in [0.15, 0.2) is 0 Å². The highest BCUT2D eigenvalue weighted by Gasteiger charge is 2.23. The van der Waals surface area contributed by atoms with Crippen molar-refractivity contribution in [2.45, 2.75) is 32.5 Å². The third-order valence-electron chi connectivity index (χ3n) is 3.23. The van der Waals surface area contributed by atoms with Crippen molar-refractivity contribution in [1.29, 1.82) is 0 Å². The van der Waals surface area contributed by atoms with Gasteiger partial charge < -0.3 is 15.0 Å². The van der Waals surface area contributed by atoms with Crippen LogP contribution in [0.1, 0.15) is 25.5 Å². The molecule has 0 saturated carbocycles. The molecular weight excluding hydrogens is 263 g/mol. The van der Waals surface area contributed by atoms with Crippen LogP contribution in [0.3, 0.4) is 0 Å². The lowest BCUT2D eigenvalue weighted by Gasteiger charge is -2.31. The quantitative estimate of drug-likeness (QED) is 0.914. The second kappa shape index (κ2) is 7.02. The zero-order chi connectivity index (χ0) is 14.4. The molecule has 1 aromatic heterocycles. The summed E-state index contributed by atoms with van der Waals surface area (Å²) < 4.78 is 17.5.